The van der Waals surface area contributed by atoms with Crippen molar-refractivity contribution in [3.05, 3.63) is 47.5 Å². The smallest absolute Gasteiger partial charge is 0.335 e. The first-order valence-corrected chi connectivity index (χ1v) is 8.65. The van der Waals surface area contributed by atoms with E-state index in [-0.39, 0.29) is 23.0 Å². The van der Waals surface area contributed by atoms with E-state index in [1.54, 1.807) is 12.1 Å². The molecule has 2 aromatic rings. The molecule has 1 fully saturated rings. The molecule has 8 heteroatoms. The summed E-state index contributed by atoms with van der Waals surface area (Å²) in [6.45, 7) is 0. The van der Waals surface area contributed by atoms with Gasteiger partial charge in [0.25, 0.3) is 0 Å². The minimum atomic E-state index is -0.996. The normalized spacial score (nSPS) is 18.6. The Morgan fingerprint density at radius 2 is 0.929 bits per heavy atom. The van der Waals surface area contributed by atoms with Gasteiger partial charge in [0.2, 0.25) is 0 Å². The van der Waals surface area contributed by atoms with Crippen LogP contribution in [0.5, 0.6) is 0 Å². The summed E-state index contributed by atoms with van der Waals surface area (Å²) in [6.07, 6.45) is 2.03. The lowest BCUT2D eigenvalue weighted by atomic mass is 9.82. The maximum Gasteiger partial charge on any atom is 0.335 e. The van der Waals surface area contributed by atoms with E-state index in [0.717, 1.165) is 0 Å². The first-order chi connectivity index (χ1) is 13.2. The average Bonchev–Trinajstić information content (AvgIpc) is 2.67. The van der Waals surface area contributed by atoms with Crippen molar-refractivity contribution in [1.82, 2.24) is 0 Å². The number of benzene rings is 2. The Kier molecular flexibility index (Phi) is 6.70. The van der Waals surface area contributed by atoms with Crippen LogP contribution < -0.4 is 0 Å². The molecular formula is C20H20O8. The van der Waals surface area contributed by atoms with Gasteiger partial charge in [0.1, 0.15) is 0 Å². The first-order valence-electron chi connectivity index (χ1n) is 8.65. The summed E-state index contributed by atoms with van der Waals surface area (Å²) in [5.41, 5.74) is 0.381. The Hall–Kier alpha value is -3.42. The minimum absolute atomic E-state index is 0.190. The molecule has 4 N–H and O–H groups in total. The van der Waals surface area contributed by atoms with Crippen molar-refractivity contribution in [2.75, 3.05) is 0 Å². The highest BCUT2D eigenvalue weighted by Crippen LogP contribution is 2.28. The molecule has 0 atom stereocenters. The molecule has 0 amide bonds. The van der Waals surface area contributed by atoms with Crippen LogP contribution >= 0.6 is 0 Å². The quantitative estimate of drug-likeness (QED) is 0.624. The van der Waals surface area contributed by atoms with Gasteiger partial charge in [-0.15, -0.1) is 0 Å². The standard InChI is InChI=1S/C12H8O4.C8H12O4/c13-11(14)9-3-1-7-5-10(12(15)16)4-2-8(7)6-9;9-7(10)5-1-2-6(4-3-5)8(11)12/h1-6H,(H,13,14)(H,15,16);5-6H,1-4H2,(H,9,10)(H,11,12). The topological polar surface area (TPSA) is 149 Å². The van der Waals surface area contributed by atoms with Crippen LogP contribution in [-0.2, 0) is 9.59 Å². The predicted octanol–water partition coefficient (Wildman–Crippen LogP) is 3.20. The van der Waals surface area contributed by atoms with Gasteiger partial charge in [-0.2, -0.15) is 0 Å². The molecular weight excluding hydrogens is 368 g/mol. The number of aromatic carboxylic acids is 2. The minimum Gasteiger partial charge on any atom is -0.481 e. The summed E-state index contributed by atoms with van der Waals surface area (Å²) in [7, 11) is 0. The SMILES string of the molecule is O=C(O)C1CCC(C(=O)O)CC1.O=C(O)c1ccc2cc(C(=O)O)ccc2c1. The highest BCUT2D eigenvalue weighted by Gasteiger charge is 2.29. The summed E-state index contributed by atoms with van der Waals surface area (Å²) < 4.78 is 0. The molecule has 1 aliphatic rings. The van der Waals surface area contributed by atoms with Crippen molar-refractivity contribution in [3.63, 3.8) is 0 Å². The number of hydrogen-bond donors (Lipinski definition) is 4. The van der Waals surface area contributed by atoms with Gasteiger partial charge in [-0.25, -0.2) is 9.59 Å². The fraction of sp³-hybridized carbons (Fsp3) is 0.300. The number of carboxylic acids is 4. The van der Waals surface area contributed by atoms with Crippen LogP contribution in [0.1, 0.15) is 46.4 Å². The van der Waals surface area contributed by atoms with Gasteiger partial charge < -0.3 is 20.4 Å². The van der Waals surface area contributed by atoms with E-state index in [9.17, 15) is 19.2 Å². The van der Waals surface area contributed by atoms with Gasteiger partial charge in [-0.3, -0.25) is 9.59 Å². The summed E-state index contributed by atoms with van der Waals surface area (Å²) in [4.78, 5) is 42.4. The molecule has 1 aliphatic carbocycles. The van der Waals surface area contributed by atoms with E-state index in [4.69, 9.17) is 20.4 Å². The summed E-state index contributed by atoms with van der Waals surface area (Å²) in [5.74, 6) is -4.22. The zero-order valence-electron chi connectivity index (χ0n) is 14.9. The number of aliphatic carboxylic acids is 2. The number of rotatable bonds is 4. The molecule has 1 saturated carbocycles. The molecule has 0 spiro atoms. The van der Waals surface area contributed by atoms with Crippen LogP contribution in [-0.4, -0.2) is 44.3 Å². The van der Waals surface area contributed by atoms with Gasteiger partial charge >= 0.3 is 23.9 Å². The molecule has 0 saturated heterocycles. The molecule has 0 unspecified atom stereocenters. The van der Waals surface area contributed by atoms with E-state index in [0.29, 0.717) is 36.5 Å². The Bertz CT molecular complexity index is 834. The third kappa shape index (κ3) is 5.29. The van der Waals surface area contributed by atoms with E-state index in [2.05, 4.69) is 0 Å². The van der Waals surface area contributed by atoms with Crippen molar-refractivity contribution in [3.8, 4) is 0 Å². The van der Waals surface area contributed by atoms with E-state index in [1.807, 2.05) is 0 Å². The van der Waals surface area contributed by atoms with Crippen LogP contribution in [0.3, 0.4) is 0 Å². The Morgan fingerprint density at radius 1 is 0.607 bits per heavy atom. The predicted molar refractivity (Wildman–Crippen MR) is 98.6 cm³/mol. The van der Waals surface area contributed by atoms with E-state index >= 15 is 0 Å². The fourth-order valence-corrected chi connectivity index (χ4v) is 3.10. The summed E-state index contributed by atoms with van der Waals surface area (Å²) in [6, 6.07) is 9.15. The van der Waals surface area contributed by atoms with Crippen LogP contribution in [0.25, 0.3) is 10.8 Å². The zero-order chi connectivity index (χ0) is 20.8. The molecule has 0 radical (unpaired) electrons. The molecule has 0 aliphatic heterocycles. The highest BCUT2D eigenvalue weighted by atomic mass is 16.4. The molecule has 28 heavy (non-hydrogen) atoms. The number of fused-ring (bicyclic) bond motifs is 1. The molecule has 0 aromatic heterocycles. The van der Waals surface area contributed by atoms with Gasteiger partial charge in [-0.05, 0) is 60.7 Å². The number of carbonyl (C=O) groups is 4. The Balaban J connectivity index is 0.000000209. The van der Waals surface area contributed by atoms with Crippen molar-refractivity contribution in [2.45, 2.75) is 25.7 Å². The third-order valence-electron chi connectivity index (χ3n) is 4.76. The molecule has 3 rings (SSSR count). The largest absolute Gasteiger partial charge is 0.481 e. The molecule has 0 bridgehead atoms. The van der Waals surface area contributed by atoms with Gasteiger partial charge in [0.15, 0.2) is 0 Å². The second-order valence-corrected chi connectivity index (χ2v) is 6.61. The lowest BCUT2D eigenvalue weighted by molar-refractivity contribution is -0.148. The lowest BCUT2D eigenvalue weighted by Gasteiger charge is -2.22. The molecule has 148 valence electrons. The lowest BCUT2D eigenvalue weighted by Crippen LogP contribution is -2.25. The Labute approximate surface area is 160 Å². The van der Waals surface area contributed by atoms with Crippen LogP contribution in [0.2, 0.25) is 0 Å². The van der Waals surface area contributed by atoms with Crippen LogP contribution in [0, 0.1) is 11.8 Å². The fourth-order valence-electron chi connectivity index (χ4n) is 3.10. The van der Waals surface area contributed by atoms with Crippen molar-refractivity contribution in [2.24, 2.45) is 11.8 Å². The van der Waals surface area contributed by atoms with Gasteiger partial charge in [-0.1, -0.05) is 12.1 Å². The molecule has 8 nitrogen and oxygen atoms in total. The maximum atomic E-state index is 10.7. The van der Waals surface area contributed by atoms with Crippen LogP contribution in [0.4, 0.5) is 0 Å². The van der Waals surface area contributed by atoms with E-state index in [1.165, 1.54) is 24.3 Å². The maximum absolute atomic E-state index is 10.7. The molecule has 0 heterocycles. The number of carboxylic acid groups (broad SMARTS) is 4. The second-order valence-electron chi connectivity index (χ2n) is 6.61. The van der Waals surface area contributed by atoms with E-state index < -0.39 is 23.9 Å². The van der Waals surface area contributed by atoms with Crippen molar-refractivity contribution >= 4 is 34.6 Å². The van der Waals surface area contributed by atoms with Gasteiger partial charge in [0, 0.05) is 0 Å². The van der Waals surface area contributed by atoms with Crippen molar-refractivity contribution in [1.29, 1.82) is 0 Å². The average molecular weight is 388 g/mol. The first kappa shape index (κ1) is 20.9. The summed E-state index contributed by atoms with van der Waals surface area (Å²) in [5, 5.41) is 36.2. The highest BCUT2D eigenvalue weighted by molar-refractivity contribution is 5.97. The monoisotopic (exact) mass is 388 g/mol. The third-order valence-corrected chi connectivity index (χ3v) is 4.76. The molecule has 2 aromatic carbocycles. The zero-order valence-corrected chi connectivity index (χ0v) is 14.9. The van der Waals surface area contributed by atoms with Crippen LogP contribution in [0.15, 0.2) is 36.4 Å². The van der Waals surface area contributed by atoms with Crippen molar-refractivity contribution < 1.29 is 39.6 Å². The van der Waals surface area contributed by atoms with Gasteiger partial charge in [0.05, 0.1) is 23.0 Å². The summed E-state index contributed by atoms with van der Waals surface area (Å²) >= 11 is 0. The second kappa shape index (κ2) is 8.98. The Morgan fingerprint density at radius 3 is 1.18 bits per heavy atom. The number of hydrogen-bond acceptors (Lipinski definition) is 4.